The lowest BCUT2D eigenvalue weighted by molar-refractivity contribution is -0.132. The third-order valence-electron chi connectivity index (χ3n) is 3.61. The standard InChI is InChI=1S/C13H15F3N2O/c1-7-4-13(5-7,6-17)12(19)18-11-3-9(15)8(14)2-10(11)16/h2-3,7H,4-6,17H2,1H3,(H,18,19). The molecule has 0 heterocycles. The second-order valence-electron chi connectivity index (χ2n) is 5.20. The Bertz CT molecular complexity index is 513. The quantitative estimate of drug-likeness (QED) is 0.830. The van der Waals surface area contributed by atoms with Crippen molar-refractivity contribution in [2.24, 2.45) is 17.1 Å². The van der Waals surface area contributed by atoms with Crippen molar-refractivity contribution < 1.29 is 18.0 Å². The Kier molecular flexibility index (Phi) is 3.54. The maximum Gasteiger partial charge on any atom is 0.231 e. The first-order valence-corrected chi connectivity index (χ1v) is 6.04. The van der Waals surface area contributed by atoms with Gasteiger partial charge in [-0.05, 0) is 18.8 Å². The van der Waals surface area contributed by atoms with Gasteiger partial charge >= 0.3 is 0 Å². The lowest BCUT2D eigenvalue weighted by atomic mass is 9.62. The van der Waals surface area contributed by atoms with Crippen molar-refractivity contribution in [2.45, 2.75) is 19.8 Å². The van der Waals surface area contributed by atoms with Crippen molar-refractivity contribution in [3.8, 4) is 0 Å². The third kappa shape index (κ3) is 2.45. The summed E-state index contributed by atoms with van der Waals surface area (Å²) < 4.78 is 39.2. The van der Waals surface area contributed by atoms with Crippen LogP contribution in [0.5, 0.6) is 0 Å². The second kappa shape index (κ2) is 4.85. The Morgan fingerprint density at radius 2 is 1.89 bits per heavy atom. The number of anilines is 1. The van der Waals surface area contributed by atoms with Gasteiger partial charge in [0.05, 0.1) is 11.1 Å². The van der Waals surface area contributed by atoms with E-state index in [0.29, 0.717) is 30.9 Å². The lowest BCUT2D eigenvalue weighted by Crippen LogP contribution is -2.51. The molecule has 1 aliphatic carbocycles. The summed E-state index contributed by atoms with van der Waals surface area (Å²) in [6, 6.07) is 1.04. The smallest absolute Gasteiger partial charge is 0.231 e. The van der Waals surface area contributed by atoms with E-state index >= 15 is 0 Å². The first-order chi connectivity index (χ1) is 8.88. The fourth-order valence-corrected chi connectivity index (χ4v) is 2.59. The van der Waals surface area contributed by atoms with Gasteiger partial charge in [-0.25, -0.2) is 13.2 Å². The van der Waals surface area contributed by atoms with Crippen molar-refractivity contribution in [3.63, 3.8) is 0 Å². The molecule has 0 aliphatic heterocycles. The molecule has 0 bridgehead atoms. The first kappa shape index (κ1) is 13.9. The number of carbonyl (C=O) groups is 1. The Balaban J connectivity index is 2.17. The van der Waals surface area contributed by atoms with Crippen LogP contribution in [-0.4, -0.2) is 12.5 Å². The number of rotatable bonds is 3. The highest BCUT2D eigenvalue weighted by molar-refractivity contribution is 5.96. The predicted octanol–water partition coefficient (Wildman–Crippen LogP) is 2.42. The maximum absolute atomic E-state index is 13.4. The Morgan fingerprint density at radius 3 is 2.42 bits per heavy atom. The number of hydrogen-bond donors (Lipinski definition) is 2. The van der Waals surface area contributed by atoms with E-state index in [2.05, 4.69) is 5.32 Å². The van der Waals surface area contributed by atoms with Crippen molar-refractivity contribution >= 4 is 11.6 Å². The molecule has 1 fully saturated rings. The van der Waals surface area contributed by atoms with Gasteiger partial charge in [-0.2, -0.15) is 0 Å². The molecule has 104 valence electrons. The van der Waals surface area contributed by atoms with Crippen LogP contribution < -0.4 is 11.1 Å². The van der Waals surface area contributed by atoms with E-state index in [1.807, 2.05) is 6.92 Å². The molecule has 3 N–H and O–H groups in total. The Morgan fingerprint density at radius 1 is 1.32 bits per heavy atom. The van der Waals surface area contributed by atoms with Gasteiger partial charge in [-0.15, -0.1) is 0 Å². The molecule has 0 radical (unpaired) electrons. The molecule has 1 aromatic rings. The van der Waals surface area contributed by atoms with Crippen molar-refractivity contribution in [1.82, 2.24) is 0 Å². The largest absolute Gasteiger partial charge is 0.329 e. The van der Waals surface area contributed by atoms with Gasteiger partial charge in [0.15, 0.2) is 11.6 Å². The molecule has 0 saturated heterocycles. The molecule has 0 spiro atoms. The monoisotopic (exact) mass is 272 g/mol. The normalized spacial score (nSPS) is 25.8. The predicted molar refractivity (Wildman–Crippen MR) is 64.8 cm³/mol. The van der Waals surface area contributed by atoms with Crippen LogP contribution in [0.1, 0.15) is 19.8 Å². The molecule has 1 aliphatic rings. The molecule has 0 unspecified atom stereocenters. The third-order valence-corrected chi connectivity index (χ3v) is 3.61. The molecular weight excluding hydrogens is 257 g/mol. The van der Waals surface area contributed by atoms with E-state index in [-0.39, 0.29) is 12.2 Å². The highest BCUT2D eigenvalue weighted by atomic mass is 19.2. The van der Waals surface area contributed by atoms with E-state index in [1.54, 1.807) is 0 Å². The van der Waals surface area contributed by atoms with Gasteiger partial charge in [0, 0.05) is 18.7 Å². The number of halogens is 3. The van der Waals surface area contributed by atoms with E-state index < -0.39 is 28.8 Å². The molecular formula is C13H15F3N2O. The van der Waals surface area contributed by atoms with Crippen LogP contribution in [0.4, 0.5) is 18.9 Å². The zero-order valence-electron chi connectivity index (χ0n) is 10.5. The molecule has 19 heavy (non-hydrogen) atoms. The van der Waals surface area contributed by atoms with Crippen LogP contribution in [-0.2, 0) is 4.79 Å². The van der Waals surface area contributed by atoms with Crippen LogP contribution >= 0.6 is 0 Å². The average Bonchev–Trinajstić information content (AvgIpc) is 2.31. The van der Waals surface area contributed by atoms with Gasteiger partial charge in [0.2, 0.25) is 5.91 Å². The Labute approximate surface area is 109 Å². The highest BCUT2D eigenvalue weighted by Crippen LogP contribution is 2.45. The SMILES string of the molecule is CC1CC(CN)(C(=O)Nc2cc(F)c(F)cc2F)C1. The van der Waals surface area contributed by atoms with E-state index in [0.717, 1.165) is 0 Å². The molecule has 0 aromatic heterocycles. The van der Waals surface area contributed by atoms with Gasteiger partial charge in [-0.1, -0.05) is 6.92 Å². The second-order valence-corrected chi connectivity index (χ2v) is 5.20. The molecule has 3 nitrogen and oxygen atoms in total. The molecule has 1 saturated carbocycles. The summed E-state index contributed by atoms with van der Waals surface area (Å²) in [4.78, 5) is 12.1. The minimum absolute atomic E-state index is 0.147. The van der Waals surface area contributed by atoms with Gasteiger partial charge in [0.1, 0.15) is 5.82 Å². The van der Waals surface area contributed by atoms with Crippen LogP contribution in [0.2, 0.25) is 0 Å². The number of benzene rings is 1. The lowest BCUT2D eigenvalue weighted by Gasteiger charge is -2.44. The van der Waals surface area contributed by atoms with Gasteiger partial charge < -0.3 is 11.1 Å². The summed E-state index contributed by atoms with van der Waals surface area (Å²) in [5.41, 5.74) is 4.50. The maximum atomic E-state index is 13.4. The number of nitrogens with two attached hydrogens (primary N) is 1. The Hall–Kier alpha value is -1.56. The summed E-state index contributed by atoms with van der Waals surface area (Å²) in [5.74, 6) is -3.57. The topological polar surface area (TPSA) is 55.1 Å². The van der Waals surface area contributed by atoms with Crippen LogP contribution in [0.15, 0.2) is 12.1 Å². The van der Waals surface area contributed by atoms with Crippen LogP contribution in [0.25, 0.3) is 0 Å². The number of amides is 1. The summed E-state index contributed by atoms with van der Waals surface area (Å²) in [5, 5.41) is 2.29. The van der Waals surface area contributed by atoms with Crippen molar-refractivity contribution in [1.29, 1.82) is 0 Å². The minimum Gasteiger partial charge on any atom is -0.329 e. The van der Waals surface area contributed by atoms with Crippen LogP contribution in [0, 0.1) is 28.8 Å². The summed E-state index contributed by atoms with van der Waals surface area (Å²) in [7, 11) is 0. The number of nitrogens with one attached hydrogen (secondary N) is 1. The summed E-state index contributed by atoms with van der Waals surface area (Å²) >= 11 is 0. The minimum atomic E-state index is -1.29. The fraction of sp³-hybridized carbons (Fsp3) is 0.462. The highest BCUT2D eigenvalue weighted by Gasteiger charge is 2.47. The summed E-state index contributed by atoms with van der Waals surface area (Å²) in [6.07, 6.45) is 1.22. The van der Waals surface area contributed by atoms with E-state index in [4.69, 9.17) is 5.73 Å². The van der Waals surface area contributed by atoms with Crippen LogP contribution in [0.3, 0.4) is 0 Å². The van der Waals surface area contributed by atoms with E-state index in [9.17, 15) is 18.0 Å². The van der Waals surface area contributed by atoms with Crippen molar-refractivity contribution in [3.05, 3.63) is 29.6 Å². The van der Waals surface area contributed by atoms with Gasteiger partial charge in [0.25, 0.3) is 0 Å². The molecule has 1 aromatic carbocycles. The zero-order chi connectivity index (χ0) is 14.2. The van der Waals surface area contributed by atoms with Crippen molar-refractivity contribution in [2.75, 3.05) is 11.9 Å². The number of carbonyl (C=O) groups excluding carboxylic acids is 1. The zero-order valence-corrected chi connectivity index (χ0v) is 10.5. The van der Waals surface area contributed by atoms with E-state index in [1.165, 1.54) is 0 Å². The summed E-state index contributed by atoms with van der Waals surface area (Å²) in [6.45, 7) is 2.13. The molecule has 0 atom stereocenters. The molecule has 1 amide bonds. The first-order valence-electron chi connectivity index (χ1n) is 6.04. The average molecular weight is 272 g/mol. The van der Waals surface area contributed by atoms with Gasteiger partial charge in [-0.3, -0.25) is 4.79 Å². The molecule has 6 heteroatoms. The fourth-order valence-electron chi connectivity index (χ4n) is 2.59. The number of hydrogen-bond acceptors (Lipinski definition) is 2. The molecule has 2 rings (SSSR count).